The lowest BCUT2D eigenvalue weighted by Crippen LogP contribution is -1.97. The highest BCUT2D eigenvalue weighted by atomic mass is 16.5. The molecule has 2 aromatic rings. The minimum absolute atomic E-state index is 0.220. The van der Waals surface area contributed by atoms with Gasteiger partial charge in [-0.2, -0.15) is 0 Å². The summed E-state index contributed by atoms with van der Waals surface area (Å²) in [4.78, 5) is 3.93. The Balaban J connectivity index is 2.04. The number of benzene rings is 1. The van der Waals surface area contributed by atoms with Gasteiger partial charge in [0.1, 0.15) is 0 Å². The van der Waals surface area contributed by atoms with Crippen molar-refractivity contribution in [1.82, 2.24) is 4.98 Å². The Kier molecular flexibility index (Phi) is 2.95. The van der Waals surface area contributed by atoms with Gasteiger partial charge in [-0.25, -0.2) is 4.98 Å². The van der Waals surface area contributed by atoms with Gasteiger partial charge in [0.2, 0.25) is 11.8 Å². The maximum Gasteiger partial charge on any atom is 0.234 e. The molecule has 0 saturated heterocycles. The summed E-state index contributed by atoms with van der Waals surface area (Å²) in [6, 6.07) is 7.36. The quantitative estimate of drug-likeness (QED) is 0.851. The van der Waals surface area contributed by atoms with Crippen molar-refractivity contribution in [3.63, 3.8) is 0 Å². The number of rotatable bonds is 4. The third-order valence-corrected chi connectivity index (χ3v) is 1.99. The molecule has 16 heavy (non-hydrogen) atoms. The highest BCUT2D eigenvalue weighted by Gasteiger charge is 2.05. The minimum atomic E-state index is 0.220. The predicted octanol–water partition coefficient (Wildman–Crippen LogP) is 1.84. The number of oxazole rings is 1. The Labute approximate surface area is 92.8 Å². The molecule has 1 aromatic heterocycles. The molecular weight excluding hydrogens is 208 g/mol. The van der Waals surface area contributed by atoms with Crippen LogP contribution in [0.3, 0.4) is 0 Å². The minimum Gasteiger partial charge on any atom is -0.493 e. The molecule has 0 aliphatic carbocycles. The Hall–Kier alpha value is -2.17. The van der Waals surface area contributed by atoms with Gasteiger partial charge in [0, 0.05) is 0 Å². The number of para-hydroxylation sites is 2. The van der Waals surface area contributed by atoms with E-state index in [0.717, 1.165) is 0 Å². The Morgan fingerprint density at radius 2 is 2.06 bits per heavy atom. The first kappa shape index (κ1) is 10.4. The van der Waals surface area contributed by atoms with Crippen molar-refractivity contribution in [2.24, 2.45) is 0 Å². The standard InChI is InChI=1S/C11H12N2O3/c1-14-8-4-2-3-5-9(8)15-7-11-13-6-10(12)16-11/h2-6H,7,12H2,1H3. The van der Waals surface area contributed by atoms with Gasteiger partial charge in [-0.1, -0.05) is 12.1 Å². The summed E-state index contributed by atoms with van der Waals surface area (Å²) in [5.41, 5.74) is 5.39. The lowest BCUT2D eigenvalue weighted by Gasteiger charge is -2.08. The number of nitrogens with zero attached hydrogens (tertiary/aromatic N) is 1. The lowest BCUT2D eigenvalue weighted by molar-refractivity contribution is 0.252. The van der Waals surface area contributed by atoms with Crippen molar-refractivity contribution in [1.29, 1.82) is 0 Å². The average Bonchev–Trinajstić information content (AvgIpc) is 2.73. The van der Waals surface area contributed by atoms with Gasteiger partial charge in [0.15, 0.2) is 18.1 Å². The SMILES string of the molecule is COc1ccccc1OCc1ncc(N)o1. The molecule has 0 spiro atoms. The average molecular weight is 220 g/mol. The molecule has 5 nitrogen and oxygen atoms in total. The first-order chi connectivity index (χ1) is 7.79. The third kappa shape index (κ3) is 2.25. The molecule has 1 heterocycles. The van der Waals surface area contributed by atoms with E-state index in [9.17, 15) is 0 Å². The zero-order valence-electron chi connectivity index (χ0n) is 8.84. The summed E-state index contributed by atoms with van der Waals surface area (Å²) < 4.78 is 15.7. The normalized spacial score (nSPS) is 10.1. The zero-order chi connectivity index (χ0) is 11.4. The molecule has 0 aliphatic heterocycles. The van der Waals surface area contributed by atoms with Crippen molar-refractivity contribution in [2.75, 3.05) is 12.8 Å². The second-order valence-corrected chi connectivity index (χ2v) is 3.10. The van der Waals surface area contributed by atoms with E-state index >= 15 is 0 Å². The number of hydrogen-bond acceptors (Lipinski definition) is 5. The first-order valence-electron chi connectivity index (χ1n) is 4.75. The fourth-order valence-corrected chi connectivity index (χ4v) is 1.27. The molecule has 0 saturated carbocycles. The van der Waals surface area contributed by atoms with Crippen LogP contribution in [0.5, 0.6) is 11.5 Å². The second kappa shape index (κ2) is 4.57. The van der Waals surface area contributed by atoms with E-state index in [2.05, 4.69) is 4.98 Å². The summed E-state index contributed by atoms with van der Waals surface area (Å²) in [6.07, 6.45) is 1.45. The van der Waals surface area contributed by atoms with E-state index in [4.69, 9.17) is 19.6 Å². The van der Waals surface area contributed by atoms with Crippen LogP contribution in [0.4, 0.5) is 5.88 Å². The molecule has 0 atom stereocenters. The summed E-state index contributed by atoms with van der Waals surface area (Å²) >= 11 is 0. The van der Waals surface area contributed by atoms with Gasteiger partial charge in [0.05, 0.1) is 13.3 Å². The van der Waals surface area contributed by atoms with Crippen LogP contribution >= 0.6 is 0 Å². The summed E-state index contributed by atoms with van der Waals surface area (Å²) in [5.74, 6) is 2.02. The van der Waals surface area contributed by atoms with Crippen LogP contribution in [-0.4, -0.2) is 12.1 Å². The number of nitrogens with two attached hydrogens (primary N) is 1. The van der Waals surface area contributed by atoms with Gasteiger partial charge in [-0.15, -0.1) is 0 Å². The summed E-state index contributed by atoms with van der Waals surface area (Å²) in [5, 5.41) is 0. The molecule has 5 heteroatoms. The Morgan fingerprint density at radius 1 is 1.31 bits per heavy atom. The molecule has 0 aliphatic rings. The molecule has 1 aromatic carbocycles. The smallest absolute Gasteiger partial charge is 0.234 e. The van der Waals surface area contributed by atoms with E-state index in [1.807, 2.05) is 24.3 Å². The Morgan fingerprint density at radius 3 is 2.69 bits per heavy atom. The van der Waals surface area contributed by atoms with Crippen molar-refractivity contribution in [3.05, 3.63) is 36.4 Å². The summed E-state index contributed by atoms with van der Waals surface area (Å²) in [7, 11) is 1.59. The van der Waals surface area contributed by atoms with E-state index < -0.39 is 0 Å². The highest BCUT2D eigenvalue weighted by molar-refractivity contribution is 5.39. The first-order valence-corrected chi connectivity index (χ1v) is 4.75. The van der Waals surface area contributed by atoms with Crippen LogP contribution in [-0.2, 0) is 6.61 Å². The molecule has 0 amide bonds. The van der Waals surface area contributed by atoms with Gasteiger partial charge >= 0.3 is 0 Å². The van der Waals surface area contributed by atoms with Crippen molar-refractivity contribution in [2.45, 2.75) is 6.61 Å². The zero-order valence-corrected chi connectivity index (χ0v) is 8.84. The van der Waals surface area contributed by atoms with Crippen LogP contribution in [0.2, 0.25) is 0 Å². The van der Waals surface area contributed by atoms with E-state index in [0.29, 0.717) is 17.4 Å². The van der Waals surface area contributed by atoms with Crippen molar-refractivity contribution in [3.8, 4) is 11.5 Å². The maximum absolute atomic E-state index is 5.49. The molecule has 0 fully saturated rings. The molecule has 2 rings (SSSR count). The lowest BCUT2D eigenvalue weighted by atomic mass is 10.3. The molecule has 0 bridgehead atoms. The Bertz CT molecular complexity index is 468. The molecule has 0 radical (unpaired) electrons. The number of aromatic nitrogens is 1. The fraction of sp³-hybridized carbons (Fsp3) is 0.182. The van der Waals surface area contributed by atoms with Crippen molar-refractivity contribution < 1.29 is 13.9 Å². The van der Waals surface area contributed by atoms with Crippen LogP contribution in [0, 0.1) is 0 Å². The van der Waals surface area contributed by atoms with Crippen LogP contribution < -0.4 is 15.2 Å². The van der Waals surface area contributed by atoms with Gasteiger partial charge in [-0.3, -0.25) is 0 Å². The maximum atomic E-state index is 5.49. The third-order valence-electron chi connectivity index (χ3n) is 1.99. The van der Waals surface area contributed by atoms with Gasteiger partial charge in [-0.05, 0) is 12.1 Å². The molecule has 84 valence electrons. The second-order valence-electron chi connectivity index (χ2n) is 3.10. The fourth-order valence-electron chi connectivity index (χ4n) is 1.27. The number of ether oxygens (including phenoxy) is 2. The number of nitrogen functional groups attached to an aromatic ring is 1. The number of anilines is 1. The van der Waals surface area contributed by atoms with E-state index in [1.165, 1.54) is 6.20 Å². The van der Waals surface area contributed by atoms with Crippen LogP contribution in [0.15, 0.2) is 34.9 Å². The van der Waals surface area contributed by atoms with Gasteiger partial charge < -0.3 is 19.6 Å². The van der Waals surface area contributed by atoms with Gasteiger partial charge in [0.25, 0.3) is 0 Å². The van der Waals surface area contributed by atoms with E-state index in [-0.39, 0.29) is 12.5 Å². The van der Waals surface area contributed by atoms with Crippen LogP contribution in [0.25, 0.3) is 0 Å². The number of hydrogen-bond donors (Lipinski definition) is 1. The molecule has 0 unspecified atom stereocenters. The molecule has 2 N–H and O–H groups in total. The molecular formula is C11H12N2O3. The monoisotopic (exact) mass is 220 g/mol. The largest absolute Gasteiger partial charge is 0.493 e. The van der Waals surface area contributed by atoms with Crippen molar-refractivity contribution >= 4 is 5.88 Å². The van der Waals surface area contributed by atoms with E-state index in [1.54, 1.807) is 7.11 Å². The number of methoxy groups -OCH3 is 1. The predicted molar refractivity (Wildman–Crippen MR) is 58.2 cm³/mol. The topological polar surface area (TPSA) is 70.5 Å². The highest BCUT2D eigenvalue weighted by Crippen LogP contribution is 2.26. The summed E-state index contributed by atoms with van der Waals surface area (Å²) in [6.45, 7) is 0.220. The van der Waals surface area contributed by atoms with Crippen LogP contribution in [0.1, 0.15) is 5.89 Å².